The van der Waals surface area contributed by atoms with Crippen molar-refractivity contribution in [1.82, 2.24) is 19.3 Å². The van der Waals surface area contributed by atoms with E-state index < -0.39 is 0 Å². The first kappa shape index (κ1) is 14.8. The van der Waals surface area contributed by atoms with Crippen molar-refractivity contribution in [2.24, 2.45) is 0 Å². The molecule has 3 heterocycles. The summed E-state index contributed by atoms with van der Waals surface area (Å²) in [6.45, 7) is 9.40. The van der Waals surface area contributed by atoms with E-state index in [9.17, 15) is 0 Å². The molecule has 1 aliphatic heterocycles. The summed E-state index contributed by atoms with van der Waals surface area (Å²) >= 11 is 6.32. The molecular formula is C14H21ClN4O2. The van der Waals surface area contributed by atoms with Gasteiger partial charge in [-0.3, -0.25) is 0 Å². The smallest absolute Gasteiger partial charge is 0.159 e. The zero-order valence-electron chi connectivity index (χ0n) is 12.7. The second kappa shape index (κ2) is 5.94. The highest BCUT2D eigenvalue weighted by atomic mass is 35.5. The van der Waals surface area contributed by atoms with Crippen LogP contribution in [0.25, 0.3) is 11.2 Å². The second-order valence-electron chi connectivity index (χ2n) is 5.34. The Kier molecular flexibility index (Phi) is 4.19. The third kappa shape index (κ3) is 2.67. The topological polar surface area (TPSA) is 54.1 Å². The Balaban J connectivity index is 2.05. The monoisotopic (exact) mass is 312 g/mol. The van der Waals surface area contributed by atoms with Crippen LogP contribution in [0.15, 0.2) is 0 Å². The van der Waals surface area contributed by atoms with Crippen molar-refractivity contribution >= 4 is 22.8 Å². The molecule has 116 valence electrons. The van der Waals surface area contributed by atoms with E-state index in [-0.39, 0.29) is 11.5 Å². The molecule has 6 nitrogen and oxygen atoms in total. The zero-order valence-corrected chi connectivity index (χ0v) is 13.4. The molecule has 0 aromatic carbocycles. The zero-order chi connectivity index (χ0) is 15.0. The minimum absolute atomic E-state index is 0.0332. The molecule has 0 bridgehead atoms. The van der Waals surface area contributed by atoms with E-state index in [0.29, 0.717) is 26.4 Å². The number of ether oxygens (including phenoxy) is 2. The number of fused-ring (bicyclic) bond motifs is 1. The normalized spacial score (nSPS) is 21.0. The van der Waals surface area contributed by atoms with Gasteiger partial charge in [-0.1, -0.05) is 0 Å². The number of hydrogen-bond donors (Lipinski definition) is 0. The average molecular weight is 313 g/mol. The highest BCUT2D eigenvalue weighted by Crippen LogP contribution is 2.27. The third-order valence-corrected chi connectivity index (χ3v) is 3.95. The fourth-order valence-electron chi connectivity index (χ4n) is 2.79. The maximum absolute atomic E-state index is 6.32. The van der Waals surface area contributed by atoms with Gasteiger partial charge < -0.3 is 14.0 Å². The Hall–Kier alpha value is -1.11. The minimum atomic E-state index is -0.161. The fraction of sp³-hybridized carbons (Fsp3) is 0.714. The van der Waals surface area contributed by atoms with Crippen molar-refractivity contribution in [3.63, 3.8) is 0 Å². The van der Waals surface area contributed by atoms with Gasteiger partial charge in [0.1, 0.15) is 11.3 Å². The van der Waals surface area contributed by atoms with Crippen LogP contribution in [0.4, 0.5) is 0 Å². The largest absolute Gasteiger partial charge is 0.376 e. The van der Waals surface area contributed by atoms with Crippen molar-refractivity contribution in [1.29, 1.82) is 0 Å². The molecule has 7 heteroatoms. The number of halogens is 1. The summed E-state index contributed by atoms with van der Waals surface area (Å²) in [6.07, 6.45) is 0.0332. The predicted octanol–water partition coefficient (Wildman–Crippen LogP) is 2.28. The molecule has 0 saturated carbocycles. The molecule has 1 saturated heterocycles. The first-order valence-electron chi connectivity index (χ1n) is 7.38. The van der Waals surface area contributed by atoms with Crippen molar-refractivity contribution in [2.75, 3.05) is 19.8 Å². The summed E-state index contributed by atoms with van der Waals surface area (Å²) in [5, 5.41) is 4.38. The van der Waals surface area contributed by atoms with Crippen molar-refractivity contribution in [3.05, 3.63) is 11.5 Å². The van der Waals surface area contributed by atoms with Crippen molar-refractivity contribution in [3.8, 4) is 0 Å². The van der Waals surface area contributed by atoms with E-state index in [1.165, 1.54) is 0 Å². The van der Waals surface area contributed by atoms with Gasteiger partial charge in [0.25, 0.3) is 0 Å². The maximum Gasteiger partial charge on any atom is 0.159 e. The standard InChI is InChI=1S/C14H21ClN4O2/c1-4-19-14-12(10(3)17-19)16-13(9(2)15)18(14)7-11-8-20-5-6-21-11/h9,11H,4-8H2,1-3H3. The average Bonchev–Trinajstić information content (AvgIpc) is 2.99. The summed E-state index contributed by atoms with van der Waals surface area (Å²) in [7, 11) is 0. The number of aromatic nitrogens is 4. The molecular weight excluding hydrogens is 292 g/mol. The van der Waals surface area contributed by atoms with Crippen LogP contribution in [0.5, 0.6) is 0 Å². The number of hydrogen-bond acceptors (Lipinski definition) is 4. The Morgan fingerprint density at radius 3 is 2.86 bits per heavy atom. The van der Waals surface area contributed by atoms with Crippen LogP contribution in [0.1, 0.15) is 30.7 Å². The first-order chi connectivity index (χ1) is 10.1. The Bertz CT molecular complexity index is 628. The number of aryl methyl sites for hydroxylation is 2. The summed E-state index contributed by atoms with van der Waals surface area (Å²) < 4.78 is 15.4. The lowest BCUT2D eigenvalue weighted by molar-refractivity contribution is -0.0935. The molecule has 0 radical (unpaired) electrons. The molecule has 1 fully saturated rings. The van der Waals surface area contributed by atoms with Crippen LogP contribution in [0.3, 0.4) is 0 Å². The predicted molar refractivity (Wildman–Crippen MR) is 80.8 cm³/mol. The summed E-state index contributed by atoms with van der Waals surface area (Å²) in [4.78, 5) is 4.70. The van der Waals surface area contributed by atoms with Crippen molar-refractivity contribution in [2.45, 2.75) is 45.3 Å². The maximum atomic E-state index is 6.32. The summed E-state index contributed by atoms with van der Waals surface area (Å²) in [5.74, 6) is 0.864. The van der Waals surface area contributed by atoms with Crippen LogP contribution < -0.4 is 0 Å². The number of imidazole rings is 1. The molecule has 0 amide bonds. The number of rotatable bonds is 4. The van der Waals surface area contributed by atoms with Crippen LogP contribution in [-0.4, -0.2) is 45.3 Å². The quantitative estimate of drug-likeness (QED) is 0.813. The summed E-state index contributed by atoms with van der Waals surface area (Å²) in [6, 6.07) is 0. The molecule has 3 rings (SSSR count). The molecule has 0 spiro atoms. The van der Waals surface area contributed by atoms with E-state index >= 15 is 0 Å². The van der Waals surface area contributed by atoms with E-state index in [1.807, 2.05) is 18.5 Å². The second-order valence-corrected chi connectivity index (χ2v) is 5.99. The lowest BCUT2D eigenvalue weighted by Gasteiger charge is -2.24. The van der Waals surface area contributed by atoms with Crippen LogP contribution in [0.2, 0.25) is 0 Å². The fourth-order valence-corrected chi connectivity index (χ4v) is 2.96. The van der Waals surface area contributed by atoms with Gasteiger partial charge >= 0.3 is 0 Å². The Labute approximate surface area is 129 Å². The SMILES string of the molecule is CCn1nc(C)c2nc(C(C)Cl)n(CC3COCCO3)c21. The Morgan fingerprint density at radius 2 is 2.24 bits per heavy atom. The third-order valence-electron chi connectivity index (χ3n) is 3.75. The van der Waals surface area contributed by atoms with Crippen molar-refractivity contribution < 1.29 is 9.47 Å². The highest BCUT2D eigenvalue weighted by Gasteiger charge is 2.24. The lowest BCUT2D eigenvalue weighted by atomic mass is 10.3. The van der Waals surface area contributed by atoms with Crippen LogP contribution in [0, 0.1) is 6.92 Å². The Morgan fingerprint density at radius 1 is 1.43 bits per heavy atom. The summed E-state index contributed by atoms with van der Waals surface area (Å²) in [5.41, 5.74) is 2.88. The molecule has 2 atom stereocenters. The first-order valence-corrected chi connectivity index (χ1v) is 7.82. The highest BCUT2D eigenvalue weighted by molar-refractivity contribution is 6.20. The van der Waals surface area contributed by atoms with E-state index in [4.69, 9.17) is 26.1 Å². The van der Waals surface area contributed by atoms with Gasteiger partial charge in [-0.05, 0) is 20.8 Å². The van der Waals surface area contributed by atoms with Crippen LogP contribution >= 0.6 is 11.6 Å². The molecule has 2 aromatic heterocycles. The minimum Gasteiger partial charge on any atom is -0.376 e. The number of alkyl halides is 1. The van der Waals surface area contributed by atoms with E-state index in [0.717, 1.165) is 29.2 Å². The molecule has 0 aliphatic carbocycles. The van der Waals surface area contributed by atoms with Gasteiger partial charge in [0.05, 0.1) is 43.5 Å². The molecule has 2 unspecified atom stereocenters. The van der Waals surface area contributed by atoms with Gasteiger partial charge in [-0.15, -0.1) is 11.6 Å². The van der Waals surface area contributed by atoms with Gasteiger partial charge in [-0.2, -0.15) is 5.10 Å². The van der Waals surface area contributed by atoms with Gasteiger partial charge in [0.15, 0.2) is 5.65 Å². The van der Waals surface area contributed by atoms with E-state index in [1.54, 1.807) is 0 Å². The van der Waals surface area contributed by atoms with Gasteiger partial charge in [0.2, 0.25) is 0 Å². The molecule has 1 aliphatic rings. The number of nitrogens with zero attached hydrogens (tertiary/aromatic N) is 4. The molecule has 2 aromatic rings. The van der Waals surface area contributed by atoms with E-state index in [2.05, 4.69) is 16.6 Å². The van der Waals surface area contributed by atoms with Gasteiger partial charge in [0, 0.05) is 6.54 Å². The lowest BCUT2D eigenvalue weighted by Crippen LogP contribution is -2.33. The van der Waals surface area contributed by atoms with Gasteiger partial charge in [-0.25, -0.2) is 9.67 Å². The van der Waals surface area contributed by atoms with Crippen LogP contribution in [-0.2, 0) is 22.6 Å². The molecule has 0 N–H and O–H groups in total. The molecule has 21 heavy (non-hydrogen) atoms.